The van der Waals surface area contributed by atoms with E-state index in [1.54, 1.807) is 0 Å². The maximum absolute atomic E-state index is 6.07. The Morgan fingerprint density at radius 2 is 1.14 bits per heavy atom. The molecule has 0 aromatic rings. The first kappa shape index (κ1) is 18.4. The van der Waals surface area contributed by atoms with Crippen molar-refractivity contribution in [2.45, 2.75) is 70.8 Å². The van der Waals surface area contributed by atoms with Crippen LogP contribution in [-0.4, -0.2) is 53.2 Å². The van der Waals surface area contributed by atoms with Crippen LogP contribution in [0, 0.1) is 0 Å². The van der Waals surface area contributed by atoms with Crippen LogP contribution in [0.1, 0.15) is 64.7 Å². The maximum atomic E-state index is 6.07. The van der Waals surface area contributed by atoms with Crippen molar-refractivity contribution in [3.05, 3.63) is 0 Å². The van der Waals surface area contributed by atoms with Gasteiger partial charge in [0.05, 0.1) is 19.8 Å². The van der Waals surface area contributed by atoms with E-state index in [1.165, 1.54) is 57.8 Å². The van der Waals surface area contributed by atoms with E-state index in [1.807, 2.05) is 0 Å². The Hall–Kier alpha value is 0.0569. The molecule has 3 aliphatic heterocycles. The van der Waals surface area contributed by atoms with Gasteiger partial charge in [0, 0.05) is 25.7 Å². The second-order valence-electron chi connectivity index (χ2n) is 6.65. The molecule has 0 aromatic carbocycles. The van der Waals surface area contributed by atoms with Crippen molar-refractivity contribution in [1.29, 1.82) is 0 Å². The van der Waals surface area contributed by atoms with Gasteiger partial charge in [-0.25, -0.2) is 0 Å². The summed E-state index contributed by atoms with van der Waals surface area (Å²) in [5, 5.41) is 0. The molecule has 3 aliphatic rings. The van der Waals surface area contributed by atoms with Crippen molar-refractivity contribution in [1.82, 2.24) is 4.90 Å². The number of rotatable bonds is 10. The van der Waals surface area contributed by atoms with E-state index in [2.05, 4.69) is 11.8 Å². The Balaban J connectivity index is 1.56. The van der Waals surface area contributed by atoms with Gasteiger partial charge in [0.2, 0.25) is 0 Å². The Morgan fingerprint density at radius 1 is 0.682 bits per heavy atom. The zero-order chi connectivity index (χ0) is 15.5. The maximum Gasteiger partial charge on any atom is 0.501 e. The summed E-state index contributed by atoms with van der Waals surface area (Å²) in [6.45, 7) is 7.74. The van der Waals surface area contributed by atoms with Gasteiger partial charge in [-0.05, 0) is 6.42 Å². The Labute approximate surface area is 137 Å². The van der Waals surface area contributed by atoms with Crippen LogP contribution in [0.3, 0.4) is 0 Å². The largest absolute Gasteiger partial charge is 0.501 e. The minimum atomic E-state index is -2.34. The van der Waals surface area contributed by atoms with Crippen molar-refractivity contribution in [2.75, 3.05) is 39.5 Å². The quantitative estimate of drug-likeness (QED) is 0.450. The van der Waals surface area contributed by atoms with E-state index in [0.29, 0.717) is 0 Å². The lowest BCUT2D eigenvalue weighted by atomic mass is 10.1. The van der Waals surface area contributed by atoms with Gasteiger partial charge in [-0.2, -0.15) is 0 Å². The van der Waals surface area contributed by atoms with Gasteiger partial charge in [-0.3, -0.25) is 4.90 Å². The summed E-state index contributed by atoms with van der Waals surface area (Å²) in [6, 6.07) is 1.02. The average Bonchev–Trinajstić information content (AvgIpc) is 2.46. The third-order valence-corrected chi connectivity index (χ3v) is 7.67. The van der Waals surface area contributed by atoms with Crippen LogP contribution >= 0.6 is 0 Å². The molecule has 0 unspecified atom stereocenters. The first-order chi connectivity index (χ1) is 10.8. The predicted octanol–water partition coefficient (Wildman–Crippen LogP) is 3.84. The fourth-order valence-electron chi connectivity index (χ4n) is 3.32. The van der Waals surface area contributed by atoms with E-state index in [0.717, 1.165) is 45.5 Å². The van der Waals surface area contributed by atoms with Gasteiger partial charge >= 0.3 is 8.80 Å². The Morgan fingerprint density at radius 3 is 1.64 bits per heavy atom. The van der Waals surface area contributed by atoms with Crippen LogP contribution in [-0.2, 0) is 13.3 Å². The summed E-state index contributed by atoms with van der Waals surface area (Å²) in [6.07, 6.45) is 12.2. The molecule has 3 fully saturated rings. The zero-order valence-electron chi connectivity index (χ0n) is 14.5. The lowest BCUT2D eigenvalue weighted by Crippen LogP contribution is -2.54. The van der Waals surface area contributed by atoms with Crippen molar-refractivity contribution in [2.24, 2.45) is 0 Å². The first-order valence-electron chi connectivity index (χ1n) is 9.49. The van der Waals surface area contributed by atoms with Crippen LogP contribution in [0.25, 0.3) is 0 Å². The standard InChI is InChI=1S/C17H35NO3Si/c1-2-3-4-5-6-7-8-9-10-17-22-19-14-11-18(12-15-20-22)13-16-21-22/h2-17H2,1H3. The molecule has 22 heavy (non-hydrogen) atoms. The molecule has 0 spiro atoms. The van der Waals surface area contributed by atoms with E-state index < -0.39 is 8.80 Å². The Bertz CT molecular complexity index is 265. The fraction of sp³-hybridized carbons (Fsp3) is 1.00. The molecular weight excluding hydrogens is 294 g/mol. The van der Waals surface area contributed by atoms with Gasteiger partial charge in [0.15, 0.2) is 0 Å². The zero-order valence-corrected chi connectivity index (χ0v) is 15.5. The molecule has 0 aliphatic carbocycles. The van der Waals surface area contributed by atoms with Crippen molar-refractivity contribution in [3.63, 3.8) is 0 Å². The molecule has 0 radical (unpaired) electrons. The third-order valence-electron chi connectivity index (χ3n) is 4.77. The molecule has 3 saturated heterocycles. The summed E-state index contributed by atoms with van der Waals surface area (Å²) in [5.74, 6) is 0. The average molecular weight is 330 g/mol. The normalized spacial score (nSPS) is 29.0. The molecule has 4 nitrogen and oxygen atoms in total. The topological polar surface area (TPSA) is 30.9 Å². The summed E-state index contributed by atoms with van der Waals surface area (Å²) in [4.78, 5) is 2.37. The molecule has 0 N–H and O–H groups in total. The van der Waals surface area contributed by atoms with Gasteiger partial charge in [-0.1, -0.05) is 58.3 Å². The molecule has 2 bridgehead atoms. The summed E-state index contributed by atoms with van der Waals surface area (Å²) in [5.41, 5.74) is 0. The lowest BCUT2D eigenvalue weighted by Gasteiger charge is -2.38. The molecule has 3 rings (SSSR count). The minimum absolute atomic E-state index is 0.781. The van der Waals surface area contributed by atoms with Crippen LogP contribution < -0.4 is 0 Å². The van der Waals surface area contributed by atoms with E-state index in [-0.39, 0.29) is 0 Å². The highest BCUT2D eigenvalue weighted by atomic mass is 28.4. The van der Waals surface area contributed by atoms with Crippen LogP contribution in [0.2, 0.25) is 6.04 Å². The molecule has 0 saturated carbocycles. The molecule has 0 atom stereocenters. The number of fused-ring (bicyclic) bond motifs is 6. The van der Waals surface area contributed by atoms with Crippen LogP contribution in [0.4, 0.5) is 0 Å². The molecule has 130 valence electrons. The van der Waals surface area contributed by atoms with Crippen molar-refractivity contribution < 1.29 is 13.3 Å². The lowest BCUT2D eigenvalue weighted by molar-refractivity contribution is -0.00860. The number of hydrogen-bond acceptors (Lipinski definition) is 4. The number of nitrogens with zero attached hydrogens (tertiary/aromatic N) is 1. The monoisotopic (exact) mass is 329 g/mol. The minimum Gasteiger partial charge on any atom is -0.372 e. The second-order valence-corrected chi connectivity index (χ2v) is 9.38. The summed E-state index contributed by atoms with van der Waals surface area (Å²) < 4.78 is 18.2. The highest BCUT2D eigenvalue weighted by molar-refractivity contribution is 6.60. The van der Waals surface area contributed by atoms with Crippen LogP contribution in [0.5, 0.6) is 0 Å². The van der Waals surface area contributed by atoms with Gasteiger partial charge in [0.1, 0.15) is 0 Å². The van der Waals surface area contributed by atoms with Crippen LogP contribution in [0.15, 0.2) is 0 Å². The molecule has 0 amide bonds. The second kappa shape index (κ2) is 10.8. The molecule has 5 heteroatoms. The highest BCUT2D eigenvalue weighted by Gasteiger charge is 2.43. The number of hydrogen-bond donors (Lipinski definition) is 0. The van der Waals surface area contributed by atoms with Crippen molar-refractivity contribution >= 4 is 8.80 Å². The smallest absolute Gasteiger partial charge is 0.372 e. The van der Waals surface area contributed by atoms with E-state index in [9.17, 15) is 0 Å². The number of unbranched alkanes of at least 4 members (excludes halogenated alkanes) is 8. The van der Waals surface area contributed by atoms with E-state index >= 15 is 0 Å². The van der Waals surface area contributed by atoms with Gasteiger partial charge < -0.3 is 13.3 Å². The summed E-state index contributed by atoms with van der Waals surface area (Å²) >= 11 is 0. The molecular formula is C17H35NO3Si. The van der Waals surface area contributed by atoms with Crippen molar-refractivity contribution in [3.8, 4) is 0 Å². The van der Waals surface area contributed by atoms with E-state index in [4.69, 9.17) is 13.3 Å². The Kier molecular flexibility index (Phi) is 9.00. The highest BCUT2D eigenvalue weighted by Crippen LogP contribution is 2.23. The predicted molar refractivity (Wildman–Crippen MR) is 92.1 cm³/mol. The summed E-state index contributed by atoms with van der Waals surface area (Å²) in [7, 11) is -2.34. The van der Waals surface area contributed by atoms with Gasteiger partial charge in [-0.15, -0.1) is 0 Å². The van der Waals surface area contributed by atoms with Gasteiger partial charge in [0.25, 0.3) is 0 Å². The molecule has 3 heterocycles. The third kappa shape index (κ3) is 6.67. The first-order valence-corrected chi connectivity index (χ1v) is 11.4. The fourth-order valence-corrected chi connectivity index (χ4v) is 5.89. The molecule has 0 aromatic heterocycles. The SMILES string of the molecule is CCCCCCCCCCC[Si]12OCCN(CCO1)CCO2.